The van der Waals surface area contributed by atoms with E-state index in [0.29, 0.717) is 0 Å². The number of nitriles is 4. The van der Waals surface area contributed by atoms with Gasteiger partial charge in [0.25, 0.3) is 0 Å². The summed E-state index contributed by atoms with van der Waals surface area (Å²) >= 11 is 0. The second-order valence-electron chi connectivity index (χ2n) is 0.894. The minimum Gasteiger partial charge on any atom is -0.199 e. The molecular weight excluding hydrogens is 204 g/mol. The summed E-state index contributed by atoms with van der Waals surface area (Å²) in [5.74, 6) is 0. The molecule has 0 aromatic heterocycles. The fourth-order valence-electron chi connectivity index (χ4n) is 0. The number of hydrogen-bond donors (Lipinski definition) is 0. The molecule has 0 N–H and O–H groups in total. The van der Waals surface area contributed by atoms with Crippen LogP contribution >= 0.6 is 0 Å². The molecule has 0 aromatic carbocycles. The van der Waals surface area contributed by atoms with Gasteiger partial charge in [0, 0.05) is 45.1 Å². The predicted octanol–water partition coefficient (Wildman–Crippen LogP) is 2.12. The van der Waals surface area contributed by atoms with E-state index < -0.39 is 0 Å². The second kappa shape index (κ2) is 152. The Morgan fingerprint density at radius 2 is 0.538 bits per heavy atom. The average molecular weight is 216 g/mol. The number of hydrogen-bond acceptors (Lipinski definition) is 4. The first-order chi connectivity index (χ1) is 5.66. The Kier molecular flexibility index (Phi) is 351. The van der Waals surface area contributed by atoms with E-state index in [1.165, 1.54) is 27.7 Å². The van der Waals surface area contributed by atoms with Gasteiger partial charge in [-0.05, 0) is 0 Å². The average Bonchev–Trinajstić information content (AvgIpc) is 1.92. The van der Waals surface area contributed by atoms with Crippen LogP contribution in [0.25, 0.3) is 0 Å². The van der Waals surface area contributed by atoms with Gasteiger partial charge < -0.3 is 0 Å². The molecule has 0 fully saturated rings. The van der Waals surface area contributed by atoms with Crippen LogP contribution in [-0.2, 0) is 17.4 Å². The molecule has 0 aliphatic heterocycles. The van der Waals surface area contributed by atoms with Crippen LogP contribution in [0.5, 0.6) is 0 Å². The maximum atomic E-state index is 7.32. The summed E-state index contributed by atoms with van der Waals surface area (Å²) in [6.07, 6.45) is 0. The molecule has 0 aliphatic carbocycles. The normalized spacial score (nSPS) is 2.46. The van der Waals surface area contributed by atoms with E-state index in [9.17, 15) is 0 Å². The van der Waals surface area contributed by atoms with Crippen molar-refractivity contribution < 1.29 is 17.4 Å². The first-order valence-electron chi connectivity index (χ1n) is 2.89. The van der Waals surface area contributed by atoms with Gasteiger partial charge in [-0.2, -0.15) is 21.0 Å². The Labute approximate surface area is 90.8 Å². The molecule has 0 aliphatic rings. The first-order valence-corrected chi connectivity index (χ1v) is 2.89. The van der Waals surface area contributed by atoms with E-state index in [2.05, 4.69) is 0 Å². The summed E-state index contributed by atoms with van der Waals surface area (Å²) in [5, 5.41) is 29.3. The molecule has 0 aromatic rings. The molecule has 0 radical (unpaired) electrons. The van der Waals surface area contributed by atoms with Crippen LogP contribution in [0.3, 0.4) is 0 Å². The van der Waals surface area contributed by atoms with Crippen LogP contribution in [0.4, 0.5) is 0 Å². The zero-order valence-electron chi connectivity index (χ0n) is 8.20. The van der Waals surface area contributed by atoms with Crippen molar-refractivity contribution in [3.8, 4) is 24.3 Å². The standard InChI is InChI=1S/4C2H3N.Cr/c4*1-2-3;/h4*1H3;. The van der Waals surface area contributed by atoms with Gasteiger partial charge >= 0.3 is 0 Å². The van der Waals surface area contributed by atoms with Crippen LogP contribution < -0.4 is 0 Å². The van der Waals surface area contributed by atoms with Crippen molar-refractivity contribution in [3.05, 3.63) is 0 Å². The summed E-state index contributed by atoms with van der Waals surface area (Å²) in [6, 6.07) is 7.00. The molecule has 0 rings (SSSR count). The fourth-order valence-corrected chi connectivity index (χ4v) is 0. The number of rotatable bonds is 0. The molecule has 0 atom stereocenters. The molecular formula is C8H12CrN4. The fraction of sp³-hybridized carbons (Fsp3) is 0.500. The molecule has 13 heavy (non-hydrogen) atoms. The monoisotopic (exact) mass is 216 g/mol. The summed E-state index contributed by atoms with van der Waals surface area (Å²) < 4.78 is 0. The van der Waals surface area contributed by atoms with Gasteiger partial charge in [-0.25, -0.2) is 0 Å². The quantitative estimate of drug-likeness (QED) is 0.619. The molecule has 0 bridgehead atoms. The molecule has 0 saturated carbocycles. The largest absolute Gasteiger partial charge is 0.199 e. The predicted molar refractivity (Wildman–Crippen MR) is 45.1 cm³/mol. The van der Waals surface area contributed by atoms with Gasteiger partial charge in [0.05, 0.1) is 24.3 Å². The Morgan fingerprint density at radius 1 is 0.538 bits per heavy atom. The van der Waals surface area contributed by atoms with Crippen LogP contribution in [0, 0.1) is 45.3 Å². The Balaban J connectivity index is -0.0000000213. The van der Waals surface area contributed by atoms with Crippen molar-refractivity contribution in [2.24, 2.45) is 0 Å². The topological polar surface area (TPSA) is 95.2 Å². The van der Waals surface area contributed by atoms with Gasteiger partial charge in [0.1, 0.15) is 0 Å². The third-order valence-electron chi connectivity index (χ3n) is 0. The zero-order chi connectivity index (χ0) is 10.8. The summed E-state index contributed by atoms with van der Waals surface area (Å²) in [4.78, 5) is 0. The Bertz CT molecular complexity index is 150. The molecule has 5 heteroatoms. The third-order valence-corrected chi connectivity index (χ3v) is 0. The van der Waals surface area contributed by atoms with E-state index in [4.69, 9.17) is 21.0 Å². The first kappa shape index (κ1) is 30.0. The van der Waals surface area contributed by atoms with Gasteiger partial charge in [-0.3, -0.25) is 0 Å². The minimum atomic E-state index is 0. The van der Waals surface area contributed by atoms with Crippen LogP contribution in [-0.4, -0.2) is 0 Å². The van der Waals surface area contributed by atoms with Gasteiger partial charge in [-0.1, -0.05) is 0 Å². The zero-order valence-corrected chi connectivity index (χ0v) is 9.47. The van der Waals surface area contributed by atoms with Crippen molar-refractivity contribution in [2.75, 3.05) is 0 Å². The minimum absolute atomic E-state index is 0. The Hall–Kier alpha value is -1.51. The van der Waals surface area contributed by atoms with Crippen molar-refractivity contribution >= 4 is 0 Å². The van der Waals surface area contributed by atoms with E-state index in [1.807, 2.05) is 0 Å². The number of nitrogens with zero attached hydrogens (tertiary/aromatic N) is 4. The maximum absolute atomic E-state index is 7.32. The van der Waals surface area contributed by atoms with Crippen LogP contribution in [0.2, 0.25) is 0 Å². The van der Waals surface area contributed by atoms with Crippen LogP contribution in [0.1, 0.15) is 27.7 Å². The summed E-state index contributed by atoms with van der Waals surface area (Å²) in [6.45, 7) is 5.72. The SMILES string of the molecule is CC#N.CC#N.CC#N.CC#N.[Cr]. The van der Waals surface area contributed by atoms with E-state index in [-0.39, 0.29) is 17.4 Å². The van der Waals surface area contributed by atoms with Crippen molar-refractivity contribution in [2.45, 2.75) is 27.7 Å². The van der Waals surface area contributed by atoms with Gasteiger partial charge in [0.2, 0.25) is 0 Å². The maximum Gasteiger partial charge on any atom is 0.0587 e. The molecule has 4 nitrogen and oxygen atoms in total. The van der Waals surface area contributed by atoms with Crippen molar-refractivity contribution in [3.63, 3.8) is 0 Å². The molecule has 0 spiro atoms. The Morgan fingerprint density at radius 3 is 0.538 bits per heavy atom. The van der Waals surface area contributed by atoms with Crippen molar-refractivity contribution in [1.82, 2.24) is 0 Å². The van der Waals surface area contributed by atoms with E-state index >= 15 is 0 Å². The molecule has 0 amide bonds. The van der Waals surface area contributed by atoms with E-state index in [1.54, 1.807) is 24.3 Å². The molecule has 0 saturated heterocycles. The van der Waals surface area contributed by atoms with Crippen LogP contribution in [0.15, 0.2) is 0 Å². The van der Waals surface area contributed by atoms with Gasteiger partial charge in [-0.15, -0.1) is 0 Å². The molecule has 0 heterocycles. The second-order valence-corrected chi connectivity index (χ2v) is 0.894. The van der Waals surface area contributed by atoms with Gasteiger partial charge in [0.15, 0.2) is 0 Å². The summed E-state index contributed by atoms with van der Waals surface area (Å²) in [7, 11) is 0. The third kappa shape index (κ3) is 333. The summed E-state index contributed by atoms with van der Waals surface area (Å²) in [5.41, 5.74) is 0. The van der Waals surface area contributed by atoms with E-state index in [0.717, 1.165) is 0 Å². The van der Waals surface area contributed by atoms with Crippen molar-refractivity contribution in [1.29, 1.82) is 21.0 Å². The smallest absolute Gasteiger partial charge is 0.0587 e. The molecule has 0 unspecified atom stereocenters. The molecule has 70 valence electrons.